The fraction of sp³-hybridized carbons (Fsp3) is 0.355. The van der Waals surface area contributed by atoms with Gasteiger partial charge in [0.1, 0.15) is 17.6 Å². The van der Waals surface area contributed by atoms with Gasteiger partial charge in [0.2, 0.25) is 17.7 Å². The van der Waals surface area contributed by atoms with Crippen LogP contribution in [0.2, 0.25) is 5.02 Å². The molecule has 40 heavy (non-hydrogen) atoms. The summed E-state index contributed by atoms with van der Waals surface area (Å²) in [6.45, 7) is 0. The molecule has 1 aliphatic carbocycles. The summed E-state index contributed by atoms with van der Waals surface area (Å²) < 4.78 is 5.42. The minimum atomic E-state index is -0.929. The van der Waals surface area contributed by atoms with E-state index >= 15 is 0 Å². The lowest BCUT2D eigenvalue weighted by molar-refractivity contribution is -0.127. The largest absolute Gasteiger partial charge is 0.497 e. The molecule has 1 aliphatic rings. The number of aromatic nitrogens is 1. The highest BCUT2D eigenvalue weighted by atomic mass is 35.5. The van der Waals surface area contributed by atoms with Crippen LogP contribution in [-0.4, -0.2) is 35.9 Å². The van der Waals surface area contributed by atoms with Crippen LogP contribution in [0.25, 0.3) is 0 Å². The summed E-state index contributed by atoms with van der Waals surface area (Å²) in [5.41, 5.74) is 1.17. The molecule has 1 atom stereocenters. The fourth-order valence-corrected chi connectivity index (χ4v) is 5.08. The number of carbonyl (C=O) groups is 3. The number of nitrogens with zero attached hydrogens (tertiary/aromatic N) is 2. The van der Waals surface area contributed by atoms with Crippen molar-refractivity contribution in [3.63, 3.8) is 0 Å². The quantitative estimate of drug-likeness (QED) is 0.295. The predicted octanol–water partition coefficient (Wildman–Crippen LogP) is 6.08. The lowest BCUT2D eigenvalue weighted by atomic mass is 9.94. The highest BCUT2D eigenvalue weighted by Gasteiger charge is 2.34. The summed E-state index contributed by atoms with van der Waals surface area (Å²) in [7, 11) is 1.55. The second kappa shape index (κ2) is 14.5. The number of hydrogen-bond donors (Lipinski definition) is 2. The molecule has 1 saturated carbocycles. The summed E-state index contributed by atoms with van der Waals surface area (Å²) in [5.74, 6) is 0.256. The van der Waals surface area contributed by atoms with Gasteiger partial charge in [-0.15, -0.1) is 0 Å². The van der Waals surface area contributed by atoms with E-state index in [0.717, 1.165) is 32.1 Å². The van der Waals surface area contributed by atoms with E-state index in [9.17, 15) is 14.4 Å². The summed E-state index contributed by atoms with van der Waals surface area (Å²) in [6.07, 6.45) is 7.22. The summed E-state index contributed by atoms with van der Waals surface area (Å²) in [4.78, 5) is 45.9. The third kappa shape index (κ3) is 8.05. The molecule has 0 unspecified atom stereocenters. The molecule has 2 aromatic carbocycles. The Morgan fingerprint density at radius 3 is 2.48 bits per heavy atom. The monoisotopic (exact) mass is 562 g/mol. The molecule has 0 saturated heterocycles. The Hall–Kier alpha value is -3.91. The van der Waals surface area contributed by atoms with Crippen molar-refractivity contribution < 1.29 is 19.1 Å². The first-order valence-electron chi connectivity index (χ1n) is 13.7. The van der Waals surface area contributed by atoms with Gasteiger partial charge in [-0.3, -0.25) is 19.3 Å². The van der Waals surface area contributed by atoms with E-state index in [0.29, 0.717) is 34.3 Å². The van der Waals surface area contributed by atoms with Crippen LogP contribution in [-0.2, 0) is 14.4 Å². The van der Waals surface area contributed by atoms with Crippen molar-refractivity contribution >= 4 is 40.8 Å². The van der Waals surface area contributed by atoms with Gasteiger partial charge in [0, 0.05) is 41.9 Å². The van der Waals surface area contributed by atoms with Crippen molar-refractivity contribution in [3.05, 3.63) is 83.5 Å². The summed E-state index contributed by atoms with van der Waals surface area (Å²) in [5, 5.41) is 6.48. The van der Waals surface area contributed by atoms with E-state index in [1.165, 1.54) is 4.90 Å². The molecule has 1 fully saturated rings. The Morgan fingerprint density at radius 2 is 1.77 bits per heavy atom. The zero-order valence-corrected chi connectivity index (χ0v) is 23.4. The number of carbonyl (C=O) groups excluding carboxylic acids is 3. The second-order valence-electron chi connectivity index (χ2n) is 9.88. The molecule has 0 bridgehead atoms. The van der Waals surface area contributed by atoms with E-state index in [-0.39, 0.29) is 36.6 Å². The van der Waals surface area contributed by atoms with Gasteiger partial charge in [-0.25, -0.2) is 4.98 Å². The Bertz CT molecular complexity index is 1280. The van der Waals surface area contributed by atoms with Gasteiger partial charge < -0.3 is 15.4 Å². The zero-order valence-electron chi connectivity index (χ0n) is 22.6. The molecule has 8 nitrogen and oxygen atoms in total. The molecule has 1 heterocycles. The minimum absolute atomic E-state index is 0.0631. The SMILES string of the molecule is COc1cccc(N(C(=O)CCCC(=O)Nc2ccccn2)[C@@H](C(=O)NC2CCCCC2)c2ccc(Cl)cc2)c1. The predicted molar refractivity (Wildman–Crippen MR) is 156 cm³/mol. The van der Waals surface area contributed by atoms with Crippen LogP contribution in [0.1, 0.15) is 63.0 Å². The van der Waals surface area contributed by atoms with Gasteiger partial charge in [-0.1, -0.05) is 55.1 Å². The van der Waals surface area contributed by atoms with Crippen molar-refractivity contribution in [3.8, 4) is 5.75 Å². The van der Waals surface area contributed by atoms with Crippen LogP contribution in [0.3, 0.4) is 0 Å². The van der Waals surface area contributed by atoms with E-state index in [2.05, 4.69) is 15.6 Å². The van der Waals surface area contributed by atoms with Gasteiger partial charge in [-0.05, 0) is 61.2 Å². The van der Waals surface area contributed by atoms with Crippen LogP contribution in [0.5, 0.6) is 5.75 Å². The van der Waals surface area contributed by atoms with Crippen molar-refractivity contribution in [2.24, 2.45) is 0 Å². The lowest BCUT2D eigenvalue weighted by Gasteiger charge is -2.33. The summed E-state index contributed by atoms with van der Waals surface area (Å²) in [6, 6.07) is 18.5. The van der Waals surface area contributed by atoms with Crippen LogP contribution >= 0.6 is 11.6 Å². The average molecular weight is 563 g/mol. The maximum Gasteiger partial charge on any atom is 0.248 e. The van der Waals surface area contributed by atoms with Gasteiger partial charge in [-0.2, -0.15) is 0 Å². The Balaban J connectivity index is 1.59. The Labute approximate surface area is 240 Å². The number of pyridine rings is 1. The third-order valence-corrected chi connectivity index (χ3v) is 7.22. The lowest BCUT2D eigenvalue weighted by Crippen LogP contribution is -2.47. The highest BCUT2D eigenvalue weighted by Crippen LogP contribution is 2.32. The topological polar surface area (TPSA) is 101 Å². The van der Waals surface area contributed by atoms with Gasteiger partial charge in [0.25, 0.3) is 0 Å². The van der Waals surface area contributed by atoms with Crippen LogP contribution in [0, 0.1) is 0 Å². The molecule has 1 aromatic heterocycles. The number of hydrogen-bond acceptors (Lipinski definition) is 5. The first-order valence-corrected chi connectivity index (χ1v) is 14.0. The number of amides is 3. The molecule has 3 amide bonds. The molecule has 0 aliphatic heterocycles. The molecular formula is C31H35ClN4O4. The minimum Gasteiger partial charge on any atom is -0.497 e. The van der Waals surface area contributed by atoms with E-state index in [4.69, 9.17) is 16.3 Å². The van der Waals surface area contributed by atoms with Crippen LogP contribution in [0.4, 0.5) is 11.5 Å². The number of anilines is 2. The van der Waals surface area contributed by atoms with Gasteiger partial charge in [0.05, 0.1) is 7.11 Å². The zero-order chi connectivity index (χ0) is 28.3. The van der Waals surface area contributed by atoms with Crippen LogP contribution < -0.4 is 20.3 Å². The standard InChI is InChI=1S/C31H35ClN4O4/c1-40-26-12-7-11-25(21-26)36(29(38)15-8-14-28(37)35-27-13-5-6-20-33-27)30(22-16-18-23(32)19-17-22)31(39)34-24-9-3-2-4-10-24/h5-7,11-13,16-21,24,30H,2-4,8-10,14-15H2,1H3,(H,34,39)(H,33,35,37)/t30-/m1/s1. The fourth-order valence-electron chi connectivity index (χ4n) is 4.95. The number of halogens is 1. The second-order valence-corrected chi connectivity index (χ2v) is 10.3. The van der Waals surface area contributed by atoms with E-state index in [1.807, 2.05) is 0 Å². The molecular weight excluding hydrogens is 528 g/mol. The normalized spacial score (nSPS) is 14.2. The van der Waals surface area contributed by atoms with Crippen LogP contribution in [0.15, 0.2) is 72.9 Å². The Kier molecular flexibility index (Phi) is 10.5. The third-order valence-electron chi connectivity index (χ3n) is 6.97. The van der Waals surface area contributed by atoms with E-state index < -0.39 is 6.04 Å². The smallest absolute Gasteiger partial charge is 0.248 e. The van der Waals surface area contributed by atoms with Crippen molar-refractivity contribution in [2.45, 2.75) is 63.5 Å². The highest BCUT2D eigenvalue weighted by molar-refractivity contribution is 6.30. The molecule has 210 valence electrons. The van der Waals surface area contributed by atoms with Crippen molar-refractivity contribution in [1.82, 2.24) is 10.3 Å². The average Bonchev–Trinajstić information content (AvgIpc) is 2.97. The number of rotatable bonds is 11. The Morgan fingerprint density at radius 1 is 1.00 bits per heavy atom. The van der Waals surface area contributed by atoms with Gasteiger partial charge in [0.15, 0.2) is 0 Å². The first kappa shape index (κ1) is 29.1. The molecule has 0 spiro atoms. The molecule has 0 radical (unpaired) electrons. The maximum absolute atomic E-state index is 13.9. The number of benzene rings is 2. The van der Waals surface area contributed by atoms with Crippen molar-refractivity contribution in [1.29, 1.82) is 0 Å². The number of methoxy groups -OCH3 is 1. The maximum atomic E-state index is 13.9. The number of nitrogens with one attached hydrogen (secondary N) is 2. The molecule has 2 N–H and O–H groups in total. The summed E-state index contributed by atoms with van der Waals surface area (Å²) >= 11 is 6.17. The van der Waals surface area contributed by atoms with Crippen molar-refractivity contribution in [2.75, 3.05) is 17.3 Å². The molecule has 3 aromatic rings. The van der Waals surface area contributed by atoms with Gasteiger partial charge >= 0.3 is 0 Å². The molecule has 4 rings (SSSR count). The van der Waals surface area contributed by atoms with E-state index in [1.54, 1.807) is 80.0 Å². The number of ether oxygens (including phenoxy) is 1. The molecule has 9 heteroatoms. The first-order chi connectivity index (χ1) is 19.4.